The van der Waals surface area contributed by atoms with E-state index in [1.54, 1.807) is 48.5 Å². The Morgan fingerprint density at radius 3 is 2.52 bits per heavy atom. The Bertz CT molecular complexity index is 914. The minimum absolute atomic E-state index is 0.218. The molecular weight excluding hydrogens is 294 g/mol. The lowest BCUT2D eigenvalue weighted by Gasteiger charge is -2.11. The van der Waals surface area contributed by atoms with Gasteiger partial charge in [-0.1, -0.05) is 30.3 Å². The highest BCUT2D eigenvalue weighted by Gasteiger charge is 2.16. The molecule has 0 bridgehead atoms. The Kier molecular flexibility index (Phi) is 4.10. The van der Waals surface area contributed by atoms with E-state index < -0.39 is 5.97 Å². The van der Waals surface area contributed by atoms with Crippen molar-refractivity contribution in [1.29, 1.82) is 0 Å². The minimum atomic E-state index is -0.598. The normalized spacial score (nSPS) is 10.5. The fourth-order valence-corrected chi connectivity index (χ4v) is 2.34. The van der Waals surface area contributed by atoms with E-state index in [9.17, 15) is 9.59 Å². The van der Waals surface area contributed by atoms with Crippen molar-refractivity contribution in [2.24, 2.45) is 0 Å². The predicted octanol–water partition coefficient (Wildman–Crippen LogP) is 3.15. The summed E-state index contributed by atoms with van der Waals surface area (Å²) in [5.41, 5.74) is 0.453. The third kappa shape index (κ3) is 3.08. The fraction of sp³-hybridized carbons (Fsp3) is 0.111. The molecule has 0 amide bonds. The molecule has 0 unspecified atom stereocenters. The summed E-state index contributed by atoms with van der Waals surface area (Å²) in [5.74, 6) is 0.209. The van der Waals surface area contributed by atoms with Crippen molar-refractivity contribution in [2.75, 3.05) is 6.61 Å². The Morgan fingerprint density at radius 1 is 1.04 bits per heavy atom. The number of benzene rings is 2. The maximum atomic E-state index is 12.5. The number of carbonyl (C=O) groups is 1. The highest BCUT2D eigenvalue weighted by Crippen LogP contribution is 2.27. The van der Waals surface area contributed by atoms with Gasteiger partial charge in [-0.25, -0.2) is 4.79 Å². The van der Waals surface area contributed by atoms with E-state index in [-0.39, 0.29) is 11.1 Å². The molecule has 0 aliphatic carbocycles. The summed E-state index contributed by atoms with van der Waals surface area (Å²) in [5, 5.41) is 0.631. The van der Waals surface area contributed by atoms with E-state index in [0.29, 0.717) is 29.0 Å². The second kappa shape index (κ2) is 6.36. The Labute approximate surface area is 132 Å². The second-order valence-electron chi connectivity index (χ2n) is 4.86. The van der Waals surface area contributed by atoms with E-state index in [1.807, 2.05) is 6.92 Å². The molecule has 0 saturated carbocycles. The van der Waals surface area contributed by atoms with Gasteiger partial charge in [0.15, 0.2) is 11.5 Å². The van der Waals surface area contributed by atoms with Crippen LogP contribution in [0.4, 0.5) is 0 Å². The molecule has 1 N–H and O–H groups in total. The first kappa shape index (κ1) is 14.8. The summed E-state index contributed by atoms with van der Waals surface area (Å²) in [6, 6.07) is 15.3. The van der Waals surface area contributed by atoms with E-state index in [4.69, 9.17) is 9.47 Å². The van der Waals surface area contributed by atoms with E-state index >= 15 is 0 Å². The van der Waals surface area contributed by atoms with Gasteiger partial charge in [0.25, 0.3) is 0 Å². The van der Waals surface area contributed by atoms with E-state index in [0.717, 1.165) is 0 Å². The summed E-state index contributed by atoms with van der Waals surface area (Å²) in [7, 11) is 0. The fourth-order valence-electron chi connectivity index (χ4n) is 2.34. The Balaban J connectivity index is 2.00. The van der Waals surface area contributed by atoms with Gasteiger partial charge in [-0.15, -0.1) is 0 Å². The molecule has 0 fully saturated rings. The largest absolute Gasteiger partial charge is 0.490 e. The Morgan fingerprint density at radius 2 is 1.74 bits per heavy atom. The van der Waals surface area contributed by atoms with Crippen molar-refractivity contribution in [2.45, 2.75) is 6.92 Å². The van der Waals surface area contributed by atoms with Crippen LogP contribution in [0.25, 0.3) is 10.9 Å². The van der Waals surface area contributed by atoms with Crippen molar-refractivity contribution < 1.29 is 14.3 Å². The van der Waals surface area contributed by atoms with Crippen molar-refractivity contribution in [3.05, 3.63) is 70.5 Å². The number of pyridine rings is 1. The van der Waals surface area contributed by atoms with Crippen LogP contribution >= 0.6 is 0 Å². The van der Waals surface area contributed by atoms with Crippen molar-refractivity contribution in [1.82, 2.24) is 4.98 Å². The van der Waals surface area contributed by atoms with E-state index in [1.165, 1.54) is 6.07 Å². The molecule has 0 saturated heterocycles. The number of aromatic nitrogens is 1. The number of para-hydroxylation sites is 3. The number of ether oxygens (including phenoxy) is 2. The lowest BCUT2D eigenvalue weighted by Crippen LogP contribution is -2.15. The second-order valence-corrected chi connectivity index (χ2v) is 4.86. The lowest BCUT2D eigenvalue weighted by atomic mass is 10.1. The third-order valence-electron chi connectivity index (χ3n) is 3.32. The van der Waals surface area contributed by atoms with Gasteiger partial charge in [0.1, 0.15) is 0 Å². The molecule has 3 rings (SSSR count). The number of hydrogen-bond donors (Lipinski definition) is 1. The standard InChI is InChI=1S/C18H15NO4/c1-2-22-15-9-5-6-10-16(15)23-18(21)13-11-17(20)19-14-8-4-3-7-12(13)14/h3-11H,2H2,1H3,(H,19,20). The molecule has 116 valence electrons. The molecule has 0 aliphatic heterocycles. The van der Waals surface area contributed by atoms with Gasteiger partial charge in [-0.05, 0) is 25.1 Å². The van der Waals surface area contributed by atoms with Gasteiger partial charge < -0.3 is 14.5 Å². The average Bonchev–Trinajstić information content (AvgIpc) is 2.56. The first-order chi connectivity index (χ1) is 11.2. The summed E-state index contributed by atoms with van der Waals surface area (Å²) in [4.78, 5) is 26.9. The summed E-state index contributed by atoms with van der Waals surface area (Å²) >= 11 is 0. The first-order valence-corrected chi connectivity index (χ1v) is 7.25. The molecule has 0 atom stereocenters. The molecule has 0 radical (unpaired) electrons. The van der Waals surface area contributed by atoms with Crippen LogP contribution in [0.15, 0.2) is 59.4 Å². The first-order valence-electron chi connectivity index (χ1n) is 7.25. The third-order valence-corrected chi connectivity index (χ3v) is 3.32. The molecule has 2 aromatic carbocycles. The van der Waals surface area contributed by atoms with Crippen LogP contribution in [0, 0.1) is 0 Å². The molecule has 1 heterocycles. The zero-order chi connectivity index (χ0) is 16.2. The maximum absolute atomic E-state index is 12.5. The van der Waals surface area contributed by atoms with Crippen LogP contribution in [0.2, 0.25) is 0 Å². The van der Waals surface area contributed by atoms with E-state index in [2.05, 4.69) is 4.98 Å². The van der Waals surface area contributed by atoms with Crippen LogP contribution in [0.3, 0.4) is 0 Å². The highest BCUT2D eigenvalue weighted by molar-refractivity contribution is 6.04. The van der Waals surface area contributed by atoms with Crippen LogP contribution in [0.1, 0.15) is 17.3 Å². The molecule has 3 aromatic rings. The number of hydrogen-bond acceptors (Lipinski definition) is 4. The van der Waals surface area contributed by atoms with Gasteiger partial charge in [-0.2, -0.15) is 0 Å². The van der Waals surface area contributed by atoms with Gasteiger partial charge >= 0.3 is 5.97 Å². The monoisotopic (exact) mass is 309 g/mol. The van der Waals surface area contributed by atoms with Crippen LogP contribution < -0.4 is 15.0 Å². The smallest absolute Gasteiger partial charge is 0.344 e. The van der Waals surface area contributed by atoms with Crippen LogP contribution in [-0.2, 0) is 0 Å². The number of fused-ring (bicyclic) bond motifs is 1. The number of H-pyrrole nitrogens is 1. The lowest BCUT2D eigenvalue weighted by molar-refractivity contribution is 0.0730. The van der Waals surface area contributed by atoms with Crippen LogP contribution in [0.5, 0.6) is 11.5 Å². The molecular formula is C18H15NO4. The van der Waals surface area contributed by atoms with Gasteiger partial charge in [0.05, 0.1) is 12.2 Å². The summed E-state index contributed by atoms with van der Waals surface area (Å²) in [6.45, 7) is 2.31. The zero-order valence-corrected chi connectivity index (χ0v) is 12.5. The van der Waals surface area contributed by atoms with Gasteiger partial charge in [0, 0.05) is 17.0 Å². The molecule has 5 nitrogen and oxygen atoms in total. The average molecular weight is 309 g/mol. The number of nitrogens with one attached hydrogen (secondary N) is 1. The zero-order valence-electron chi connectivity index (χ0n) is 12.5. The van der Waals surface area contributed by atoms with Gasteiger partial charge in [0.2, 0.25) is 5.56 Å². The number of carbonyl (C=O) groups excluding carboxylic acids is 1. The molecule has 0 spiro atoms. The number of esters is 1. The van der Waals surface area contributed by atoms with Crippen LogP contribution in [-0.4, -0.2) is 17.6 Å². The highest BCUT2D eigenvalue weighted by atomic mass is 16.6. The Hall–Kier alpha value is -3.08. The van der Waals surface area contributed by atoms with Gasteiger partial charge in [-0.3, -0.25) is 4.79 Å². The van der Waals surface area contributed by atoms with Crippen molar-refractivity contribution >= 4 is 16.9 Å². The molecule has 1 aromatic heterocycles. The SMILES string of the molecule is CCOc1ccccc1OC(=O)c1cc(=O)[nH]c2ccccc12. The summed E-state index contributed by atoms with van der Waals surface area (Å²) in [6.07, 6.45) is 0. The molecule has 5 heteroatoms. The quantitative estimate of drug-likeness (QED) is 0.594. The topological polar surface area (TPSA) is 68.4 Å². The minimum Gasteiger partial charge on any atom is -0.490 e. The molecule has 23 heavy (non-hydrogen) atoms. The van der Waals surface area contributed by atoms with Crippen molar-refractivity contribution in [3.8, 4) is 11.5 Å². The maximum Gasteiger partial charge on any atom is 0.344 e. The number of rotatable bonds is 4. The van der Waals surface area contributed by atoms with Crippen molar-refractivity contribution in [3.63, 3.8) is 0 Å². The molecule has 0 aliphatic rings. The predicted molar refractivity (Wildman–Crippen MR) is 87.1 cm³/mol. The summed E-state index contributed by atoms with van der Waals surface area (Å²) < 4.78 is 10.9. The number of aromatic amines is 1.